The molecule has 0 radical (unpaired) electrons. The van der Waals surface area contributed by atoms with Gasteiger partial charge in [-0.05, 0) is 67.1 Å². The standard InChI is InChI=1S/C27H18BrClFNO6/c1-2-36-21-10-13(3-7-19(21)32)24-23(25(33)22-11-14-9-15(28)4-8-20(14)37-22)26(34)27(35)31(24)16-5-6-18(30)17(29)12-16/h3-12,24,32,34H,2H2,1H3. The number of carbonyl (C=O) groups is 2. The highest BCUT2D eigenvalue weighted by Gasteiger charge is 2.45. The van der Waals surface area contributed by atoms with Gasteiger partial charge < -0.3 is 19.4 Å². The number of fused-ring (bicyclic) bond motifs is 1. The van der Waals surface area contributed by atoms with Gasteiger partial charge in [0.25, 0.3) is 5.91 Å². The van der Waals surface area contributed by atoms with Crippen molar-refractivity contribution in [2.75, 3.05) is 11.5 Å². The van der Waals surface area contributed by atoms with E-state index in [-0.39, 0.29) is 40.1 Å². The number of anilines is 1. The van der Waals surface area contributed by atoms with Gasteiger partial charge in [0.1, 0.15) is 11.4 Å². The Morgan fingerprint density at radius 2 is 1.92 bits per heavy atom. The van der Waals surface area contributed by atoms with E-state index in [0.717, 1.165) is 15.4 Å². The number of Topliss-reactive ketones (excluding diaryl/α,β-unsaturated/α-hetero) is 1. The second-order valence-corrected chi connectivity index (χ2v) is 9.54. The molecule has 7 nitrogen and oxygen atoms in total. The largest absolute Gasteiger partial charge is 0.504 e. The van der Waals surface area contributed by atoms with Gasteiger partial charge in [-0.25, -0.2) is 4.39 Å². The van der Waals surface area contributed by atoms with Gasteiger partial charge in [0, 0.05) is 15.5 Å². The number of carbonyl (C=O) groups excluding carboxylic acids is 2. The van der Waals surface area contributed by atoms with Crippen LogP contribution in [0.3, 0.4) is 0 Å². The molecule has 0 fully saturated rings. The molecular weight excluding hydrogens is 569 g/mol. The lowest BCUT2D eigenvalue weighted by Crippen LogP contribution is -2.31. The number of phenols is 1. The molecule has 1 atom stereocenters. The van der Waals surface area contributed by atoms with Gasteiger partial charge in [-0.2, -0.15) is 0 Å². The quantitative estimate of drug-likeness (QED) is 0.239. The summed E-state index contributed by atoms with van der Waals surface area (Å²) in [5.41, 5.74) is 0.686. The summed E-state index contributed by atoms with van der Waals surface area (Å²) in [7, 11) is 0. The van der Waals surface area contributed by atoms with Gasteiger partial charge in [0.15, 0.2) is 23.0 Å². The zero-order valence-electron chi connectivity index (χ0n) is 19.2. The van der Waals surface area contributed by atoms with E-state index < -0.39 is 29.3 Å². The minimum absolute atomic E-state index is 0.0877. The Morgan fingerprint density at radius 3 is 2.65 bits per heavy atom. The first-order valence-corrected chi connectivity index (χ1v) is 12.3. The van der Waals surface area contributed by atoms with Crippen LogP contribution in [0.4, 0.5) is 10.1 Å². The van der Waals surface area contributed by atoms with E-state index in [1.807, 2.05) is 0 Å². The number of furan rings is 1. The topological polar surface area (TPSA) is 100 Å². The molecule has 1 unspecified atom stereocenters. The van der Waals surface area contributed by atoms with Crippen molar-refractivity contribution in [2.45, 2.75) is 13.0 Å². The second kappa shape index (κ2) is 9.57. The van der Waals surface area contributed by atoms with E-state index in [9.17, 15) is 24.2 Å². The van der Waals surface area contributed by atoms with E-state index in [4.69, 9.17) is 20.8 Å². The van der Waals surface area contributed by atoms with Crippen molar-refractivity contribution in [3.63, 3.8) is 0 Å². The summed E-state index contributed by atoms with van der Waals surface area (Å²) in [6.45, 7) is 1.98. The maximum absolute atomic E-state index is 13.9. The predicted octanol–water partition coefficient (Wildman–Crippen LogP) is 6.88. The molecule has 0 bridgehead atoms. The van der Waals surface area contributed by atoms with Gasteiger partial charge in [-0.1, -0.05) is 33.6 Å². The first kappa shape index (κ1) is 24.9. The molecule has 1 amide bonds. The molecule has 0 saturated carbocycles. The Labute approximate surface area is 223 Å². The van der Waals surface area contributed by atoms with Crippen LogP contribution in [0.2, 0.25) is 5.02 Å². The van der Waals surface area contributed by atoms with Crippen LogP contribution in [0.25, 0.3) is 11.0 Å². The number of hydrogen-bond donors (Lipinski definition) is 2. The molecule has 10 heteroatoms. The fraction of sp³-hybridized carbons (Fsp3) is 0.111. The Balaban J connectivity index is 1.68. The summed E-state index contributed by atoms with van der Waals surface area (Å²) in [5.74, 6) is -3.20. The average Bonchev–Trinajstić information content (AvgIpc) is 3.40. The van der Waals surface area contributed by atoms with Crippen LogP contribution in [-0.2, 0) is 4.79 Å². The molecule has 1 aromatic heterocycles. The molecular formula is C27H18BrClFNO6. The third-order valence-corrected chi connectivity index (χ3v) is 6.72. The predicted molar refractivity (Wildman–Crippen MR) is 139 cm³/mol. The van der Waals surface area contributed by atoms with Crippen molar-refractivity contribution in [2.24, 2.45) is 0 Å². The third-order valence-electron chi connectivity index (χ3n) is 5.94. The summed E-state index contributed by atoms with van der Waals surface area (Å²) in [4.78, 5) is 28.2. The zero-order valence-corrected chi connectivity index (χ0v) is 21.5. The Hall–Kier alpha value is -3.82. The highest BCUT2D eigenvalue weighted by Crippen LogP contribution is 2.44. The summed E-state index contributed by atoms with van der Waals surface area (Å²) < 4.78 is 25.9. The SMILES string of the molecule is CCOc1cc(C2C(C(=O)c3cc4cc(Br)ccc4o3)=C(O)C(=O)N2c2ccc(F)c(Cl)c2)ccc1O. The van der Waals surface area contributed by atoms with Crippen LogP contribution in [-0.4, -0.2) is 28.5 Å². The van der Waals surface area contributed by atoms with Crippen LogP contribution >= 0.6 is 27.5 Å². The fourth-order valence-corrected chi connectivity index (χ4v) is 4.84. The van der Waals surface area contributed by atoms with Crippen molar-refractivity contribution in [3.05, 3.63) is 98.6 Å². The first-order chi connectivity index (χ1) is 17.7. The van der Waals surface area contributed by atoms with Crippen LogP contribution in [0, 0.1) is 5.82 Å². The molecule has 2 heterocycles. The van der Waals surface area contributed by atoms with E-state index >= 15 is 0 Å². The number of ketones is 1. The lowest BCUT2D eigenvalue weighted by molar-refractivity contribution is -0.117. The maximum Gasteiger partial charge on any atom is 0.294 e. The van der Waals surface area contributed by atoms with E-state index in [1.165, 1.54) is 36.4 Å². The highest BCUT2D eigenvalue weighted by atomic mass is 79.9. The van der Waals surface area contributed by atoms with Gasteiger partial charge in [0.05, 0.1) is 23.2 Å². The van der Waals surface area contributed by atoms with Crippen LogP contribution < -0.4 is 9.64 Å². The molecule has 3 aromatic carbocycles. The maximum atomic E-state index is 13.9. The number of ether oxygens (including phenoxy) is 1. The van der Waals surface area contributed by atoms with Crippen LogP contribution in [0.1, 0.15) is 29.1 Å². The van der Waals surface area contributed by atoms with E-state index in [2.05, 4.69) is 15.9 Å². The minimum atomic E-state index is -1.17. The summed E-state index contributed by atoms with van der Waals surface area (Å²) in [6, 6.07) is 13.5. The molecule has 0 spiro atoms. The summed E-state index contributed by atoms with van der Waals surface area (Å²) >= 11 is 9.36. The normalized spacial score (nSPS) is 15.6. The fourth-order valence-electron chi connectivity index (χ4n) is 4.28. The van der Waals surface area contributed by atoms with Gasteiger partial charge in [-0.3, -0.25) is 14.5 Å². The summed E-state index contributed by atoms with van der Waals surface area (Å²) in [6.07, 6.45) is 0. The number of aromatic hydroxyl groups is 1. The average molecular weight is 587 g/mol. The highest BCUT2D eigenvalue weighted by molar-refractivity contribution is 9.10. The Kier molecular flexibility index (Phi) is 6.43. The van der Waals surface area contributed by atoms with Crippen LogP contribution in [0.5, 0.6) is 11.5 Å². The van der Waals surface area contributed by atoms with Crippen molar-refractivity contribution < 1.29 is 33.3 Å². The second-order valence-electron chi connectivity index (χ2n) is 8.22. The molecule has 2 N–H and O–H groups in total. The number of nitrogens with zero attached hydrogens (tertiary/aromatic N) is 1. The van der Waals surface area contributed by atoms with E-state index in [0.29, 0.717) is 16.5 Å². The van der Waals surface area contributed by atoms with Gasteiger partial charge in [0.2, 0.25) is 5.78 Å². The summed E-state index contributed by atoms with van der Waals surface area (Å²) in [5, 5.41) is 21.6. The third kappa shape index (κ3) is 4.34. The van der Waals surface area contributed by atoms with Crippen molar-refractivity contribution in [1.82, 2.24) is 0 Å². The minimum Gasteiger partial charge on any atom is -0.504 e. The number of rotatable bonds is 6. The number of amides is 1. The lowest BCUT2D eigenvalue weighted by atomic mass is 9.94. The number of benzene rings is 3. The molecule has 1 aliphatic heterocycles. The smallest absolute Gasteiger partial charge is 0.294 e. The van der Waals surface area contributed by atoms with Gasteiger partial charge >= 0.3 is 0 Å². The first-order valence-electron chi connectivity index (χ1n) is 11.1. The Bertz CT molecular complexity index is 1610. The molecule has 0 saturated heterocycles. The van der Waals surface area contributed by atoms with E-state index in [1.54, 1.807) is 25.1 Å². The lowest BCUT2D eigenvalue weighted by Gasteiger charge is -2.27. The number of aliphatic hydroxyl groups excluding tert-OH is 1. The van der Waals surface area contributed by atoms with Crippen molar-refractivity contribution in [3.8, 4) is 11.5 Å². The number of hydrogen-bond acceptors (Lipinski definition) is 6. The number of halogens is 3. The number of phenolic OH excluding ortho intramolecular Hbond substituents is 1. The van der Waals surface area contributed by atoms with Crippen molar-refractivity contribution in [1.29, 1.82) is 0 Å². The molecule has 188 valence electrons. The zero-order chi connectivity index (χ0) is 26.4. The molecule has 4 aromatic rings. The molecule has 5 rings (SSSR count). The Morgan fingerprint density at radius 1 is 1.14 bits per heavy atom. The number of aliphatic hydroxyl groups is 1. The van der Waals surface area contributed by atoms with Crippen LogP contribution in [0.15, 0.2) is 80.9 Å². The molecule has 0 aliphatic carbocycles. The molecule has 1 aliphatic rings. The van der Waals surface area contributed by atoms with Gasteiger partial charge in [-0.15, -0.1) is 0 Å². The molecule has 37 heavy (non-hydrogen) atoms. The van der Waals surface area contributed by atoms with Crippen molar-refractivity contribution >= 4 is 55.9 Å². The monoisotopic (exact) mass is 585 g/mol.